The number of nitrogens with zero attached hydrogens (tertiary/aromatic N) is 2. The van der Waals surface area contributed by atoms with E-state index in [4.69, 9.17) is 0 Å². The largest absolute Gasteiger partial charge is 0.356 e. The van der Waals surface area contributed by atoms with E-state index in [2.05, 4.69) is 20.6 Å². The number of aryl methyl sites for hydroxylation is 1. The summed E-state index contributed by atoms with van der Waals surface area (Å²) in [4.78, 5) is 19.2. The molecule has 0 saturated heterocycles. The quantitative estimate of drug-likeness (QED) is 0.748. The average Bonchev–Trinajstić information content (AvgIpc) is 2.21. The topological polar surface area (TPSA) is 66.9 Å². The fourth-order valence-corrected chi connectivity index (χ4v) is 1.06. The SMILES string of the molecule is CCNC(=O)CCNc1ncc(C)cn1. The van der Waals surface area contributed by atoms with Crippen LogP contribution < -0.4 is 10.6 Å². The molecule has 15 heavy (non-hydrogen) atoms. The predicted octanol–water partition coefficient (Wildman–Crippen LogP) is 0.723. The van der Waals surface area contributed by atoms with Gasteiger partial charge in [0.1, 0.15) is 0 Å². The third-order valence-corrected chi connectivity index (χ3v) is 1.79. The smallest absolute Gasteiger partial charge is 0.222 e. The van der Waals surface area contributed by atoms with Crippen molar-refractivity contribution in [2.24, 2.45) is 0 Å². The molecule has 0 radical (unpaired) electrons. The molecule has 82 valence electrons. The maximum atomic E-state index is 11.1. The molecule has 0 fully saturated rings. The van der Waals surface area contributed by atoms with Crippen molar-refractivity contribution in [2.75, 3.05) is 18.4 Å². The van der Waals surface area contributed by atoms with E-state index < -0.39 is 0 Å². The minimum atomic E-state index is 0.0390. The molecule has 5 nitrogen and oxygen atoms in total. The molecule has 0 aliphatic carbocycles. The summed E-state index contributed by atoms with van der Waals surface area (Å²) in [5, 5.41) is 5.70. The van der Waals surface area contributed by atoms with Crippen molar-refractivity contribution >= 4 is 11.9 Å². The predicted molar refractivity (Wildman–Crippen MR) is 58.6 cm³/mol. The van der Waals surface area contributed by atoms with Gasteiger partial charge in [0.25, 0.3) is 0 Å². The summed E-state index contributed by atoms with van der Waals surface area (Å²) in [6.07, 6.45) is 3.91. The van der Waals surface area contributed by atoms with Crippen LogP contribution in [0.2, 0.25) is 0 Å². The van der Waals surface area contributed by atoms with Gasteiger partial charge in [0, 0.05) is 31.9 Å². The maximum absolute atomic E-state index is 11.1. The summed E-state index contributed by atoms with van der Waals surface area (Å²) in [6, 6.07) is 0. The maximum Gasteiger partial charge on any atom is 0.222 e. The summed E-state index contributed by atoms with van der Waals surface area (Å²) in [7, 11) is 0. The fraction of sp³-hybridized carbons (Fsp3) is 0.500. The molecule has 0 bridgehead atoms. The van der Waals surface area contributed by atoms with E-state index in [0.717, 1.165) is 5.56 Å². The highest BCUT2D eigenvalue weighted by Gasteiger charge is 1.99. The van der Waals surface area contributed by atoms with Crippen LogP contribution in [0.4, 0.5) is 5.95 Å². The zero-order valence-corrected chi connectivity index (χ0v) is 9.08. The van der Waals surface area contributed by atoms with Gasteiger partial charge in [-0.1, -0.05) is 0 Å². The van der Waals surface area contributed by atoms with Gasteiger partial charge in [-0.05, 0) is 19.4 Å². The first kappa shape index (κ1) is 11.4. The molecule has 5 heteroatoms. The molecule has 0 aliphatic rings. The molecule has 1 amide bonds. The van der Waals surface area contributed by atoms with Gasteiger partial charge in [-0.2, -0.15) is 0 Å². The number of rotatable bonds is 5. The molecule has 0 aromatic carbocycles. The molecule has 0 saturated carbocycles. The first-order valence-corrected chi connectivity index (χ1v) is 5.01. The number of amides is 1. The fourth-order valence-electron chi connectivity index (χ4n) is 1.06. The monoisotopic (exact) mass is 208 g/mol. The summed E-state index contributed by atoms with van der Waals surface area (Å²) in [6.45, 7) is 5.04. The van der Waals surface area contributed by atoms with E-state index in [1.54, 1.807) is 12.4 Å². The van der Waals surface area contributed by atoms with Crippen LogP contribution in [0, 0.1) is 6.92 Å². The molecular formula is C10H16N4O. The number of anilines is 1. The van der Waals surface area contributed by atoms with Crippen molar-refractivity contribution < 1.29 is 4.79 Å². The third-order valence-electron chi connectivity index (χ3n) is 1.79. The van der Waals surface area contributed by atoms with Crippen LogP contribution in [-0.4, -0.2) is 29.0 Å². The van der Waals surface area contributed by atoms with Crippen LogP contribution in [0.3, 0.4) is 0 Å². The van der Waals surface area contributed by atoms with E-state index in [-0.39, 0.29) is 5.91 Å². The highest BCUT2D eigenvalue weighted by atomic mass is 16.1. The normalized spacial score (nSPS) is 9.73. The number of hydrogen-bond acceptors (Lipinski definition) is 4. The lowest BCUT2D eigenvalue weighted by Crippen LogP contribution is -2.25. The number of aromatic nitrogens is 2. The molecule has 1 aromatic heterocycles. The Bertz CT molecular complexity index is 310. The van der Waals surface area contributed by atoms with Crippen LogP contribution in [0.1, 0.15) is 18.9 Å². The Hall–Kier alpha value is -1.65. The van der Waals surface area contributed by atoms with Gasteiger partial charge in [0.05, 0.1) is 0 Å². The average molecular weight is 208 g/mol. The van der Waals surface area contributed by atoms with Gasteiger partial charge in [0.15, 0.2) is 0 Å². The van der Waals surface area contributed by atoms with E-state index in [1.807, 2.05) is 13.8 Å². The van der Waals surface area contributed by atoms with Crippen LogP contribution in [0.5, 0.6) is 0 Å². The van der Waals surface area contributed by atoms with Crippen molar-refractivity contribution in [3.05, 3.63) is 18.0 Å². The van der Waals surface area contributed by atoms with Crippen LogP contribution in [0.25, 0.3) is 0 Å². The van der Waals surface area contributed by atoms with Crippen molar-refractivity contribution in [1.29, 1.82) is 0 Å². The van der Waals surface area contributed by atoms with Crippen molar-refractivity contribution in [2.45, 2.75) is 20.3 Å². The standard InChI is InChI=1S/C10H16N4O/c1-3-11-9(15)4-5-12-10-13-6-8(2)7-14-10/h6-7H,3-5H2,1-2H3,(H,11,15)(H,12,13,14). The second kappa shape index (κ2) is 5.95. The lowest BCUT2D eigenvalue weighted by atomic mass is 10.4. The molecule has 0 spiro atoms. The summed E-state index contributed by atoms with van der Waals surface area (Å²) < 4.78 is 0. The Kier molecular flexibility index (Phi) is 4.53. The second-order valence-corrected chi connectivity index (χ2v) is 3.21. The number of carbonyl (C=O) groups is 1. The summed E-state index contributed by atoms with van der Waals surface area (Å²) >= 11 is 0. The Balaban J connectivity index is 2.26. The van der Waals surface area contributed by atoms with Gasteiger partial charge < -0.3 is 10.6 Å². The van der Waals surface area contributed by atoms with E-state index in [0.29, 0.717) is 25.5 Å². The number of nitrogens with one attached hydrogen (secondary N) is 2. The van der Waals surface area contributed by atoms with E-state index in [1.165, 1.54) is 0 Å². The molecule has 0 aliphatic heterocycles. The molecule has 1 rings (SSSR count). The second-order valence-electron chi connectivity index (χ2n) is 3.21. The zero-order valence-electron chi connectivity index (χ0n) is 9.08. The van der Waals surface area contributed by atoms with Crippen LogP contribution in [0.15, 0.2) is 12.4 Å². The first-order chi connectivity index (χ1) is 7.22. The Morgan fingerprint density at radius 1 is 1.40 bits per heavy atom. The van der Waals surface area contributed by atoms with Gasteiger partial charge in [-0.25, -0.2) is 9.97 Å². The van der Waals surface area contributed by atoms with Crippen molar-refractivity contribution in [1.82, 2.24) is 15.3 Å². The highest BCUT2D eigenvalue weighted by molar-refractivity contribution is 5.76. The van der Waals surface area contributed by atoms with E-state index in [9.17, 15) is 4.79 Å². The van der Waals surface area contributed by atoms with Crippen LogP contribution >= 0.6 is 0 Å². The van der Waals surface area contributed by atoms with E-state index >= 15 is 0 Å². The minimum Gasteiger partial charge on any atom is -0.356 e. The Labute approximate surface area is 89.3 Å². The highest BCUT2D eigenvalue weighted by Crippen LogP contribution is 1.98. The number of carbonyl (C=O) groups excluding carboxylic acids is 1. The van der Waals surface area contributed by atoms with Crippen molar-refractivity contribution in [3.63, 3.8) is 0 Å². The lowest BCUT2D eigenvalue weighted by Gasteiger charge is -2.04. The molecule has 0 unspecified atom stereocenters. The van der Waals surface area contributed by atoms with Crippen LogP contribution in [-0.2, 0) is 4.79 Å². The van der Waals surface area contributed by atoms with Crippen molar-refractivity contribution in [3.8, 4) is 0 Å². The summed E-state index contributed by atoms with van der Waals surface area (Å²) in [5.74, 6) is 0.599. The first-order valence-electron chi connectivity index (χ1n) is 5.01. The molecule has 1 aromatic rings. The Morgan fingerprint density at radius 2 is 2.07 bits per heavy atom. The molecule has 0 atom stereocenters. The van der Waals surface area contributed by atoms with Gasteiger partial charge >= 0.3 is 0 Å². The Morgan fingerprint density at radius 3 is 2.67 bits per heavy atom. The van der Waals surface area contributed by atoms with Gasteiger partial charge in [-0.15, -0.1) is 0 Å². The minimum absolute atomic E-state index is 0.0390. The third kappa shape index (κ3) is 4.39. The molecule has 2 N–H and O–H groups in total. The van der Waals surface area contributed by atoms with Gasteiger partial charge in [-0.3, -0.25) is 4.79 Å². The lowest BCUT2D eigenvalue weighted by molar-refractivity contribution is -0.120. The molecule has 1 heterocycles. The van der Waals surface area contributed by atoms with Gasteiger partial charge in [0.2, 0.25) is 11.9 Å². The number of hydrogen-bond donors (Lipinski definition) is 2. The zero-order chi connectivity index (χ0) is 11.1. The summed E-state index contributed by atoms with van der Waals surface area (Å²) in [5.41, 5.74) is 1.02. The molecular weight excluding hydrogens is 192 g/mol.